The summed E-state index contributed by atoms with van der Waals surface area (Å²) >= 11 is 0. The lowest BCUT2D eigenvalue weighted by atomic mass is 9.75. The molecule has 10 nitrogen and oxygen atoms in total. The maximum Gasteiger partial charge on any atom is 0.337 e. The molecule has 2 atom stereocenters. The number of ether oxygens (including phenoxy) is 2. The number of hydrogen-bond acceptors (Lipinski definition) is 9. The summed E-state index contributed by atoms with van der Waals surface area (Å²) in [5, 5.41) is 21.0. The first kappa shape index (κ1) is 25.7. The van der Waals surface area contributed by atoms with Crippen LogP contribution in [0.4, 0.5) is 5.69 Å². The molecule has 0 fully saturated rings. The normalized spacial score (nSPS) is 17.9. The van der Waals surface area contributed by atoms with Gasteiger partial charge in [0.05, 0.1) is 17.1 Å². The second-order valence-corrected chi connectivity index (χ2v) is 7.35. The molecule has 0 N–H and O–H groups in total. The Hall–Kier alpha value is -3.58. The van der Waals surface area contributed by atoms with Gasteiger partial charge in [0, 0.05) is 30.3 Å². The zero-order valence-electron chi connectivity index (χ0n) is 19.2. The van der Waals surface area contributed by atoms with E-state index in [1.54, 1.807) is 19.9 Å². The van der Waals surface area contributed by atoms with Gasteiger partial charge in [0.15, 0.2) is 5.70 Å². The summed E-state index contributed by atoms with van der Waals surface area (Å²) < 4.78 is 10.7. The Kier molecular flexibility index (Phi) is 9.24. The van der Waals surface area contributed by atoms with Crippen molar-refractivity contribution in [2.24, 2.45) is 10.9 Å². The fourth-order valence-corrected chi connectivity index (χ4v) is 3.78. The number of benzene rings is 1. The summed E-state index contributed by atoms with van der Waals surface area (Å²) in [7, 11) is 0. The number of likely N-dealkylation sites (N-methyl/N-ethyl adjacent to an activating group) is 1. The number of nitriles is 1. The molecule has 1 aromatic rings. The van der Waals surface area contributed by atoms with E-state index < -0.39 is 28.7 Å². The Balaban J connectivity index is 2.54. The third kappa shape index (κ3) is 6.02. The molecule has 2 unspecified atom stereocenters. The molecule has 33 heavy (non-hydrogen) atoms. The average molecular weight is 456 g/mol. The summed E-state index contributed by atoms with van der Waals surface area (Å²) in [6.45, 7) is 9.50. The molecule has 1 aliphatic heterocycles. The van der Waals surface area contributed by atoms with Gasteiger partial charge in [0.25, 0.3) is 5.69 Å². The van der Waals surface area contributed by atoms with Crippen molar-refractivity contribution in [3.63, 3.8) is 0 Å². The first-order chi connectivity index (χ1) is 15.8. The molecule has 10 heteroatoms. The van der Waals surface area contributed by atoms with Crippen LogP contribution in [-0.4, -0.2) is 60.3 Å². The molecular formula is C23H28N4O6. The molecule has 0 radical (unpaired) electrons. The lowest BCUT2D eigenvalue weighted by Gasteiger charge is -2.31. The van der Waals surface area contributed by atoms with E-state index in [2.05, 4.69) is 9.89 Å². The molecule has 0 saturated heterocycles. The molecule has 0 saturated carbocycles. The van der Waals surface area contributed by atoms with Crippen LogP contribution in [-0.2, 0) is 19.1 Å². The number of esters is 2. The van der Waals surface area contributed by atoms with Gasteiger partial charge in [-0.25, -0.2) is 9.79 Å². The third-order valence-electron chi connectivity index (χ3n) is 5.48. The molecular weight excluding hydrogens is 428 g/mol. The fourth-order valence-electron chi connectivity index (χ4n) is 3.78. The molecule has 1 aliphatic rings. The van der Waals surface area contributed by atoms with Crippen LogP contribution >= 0.6 is 0 Å². The molecule has 0 spiro atoms. The van der Waals surface area contributed by atoms with Gasteiger partial charge < -0.3 is 14.4 Å². The van der Waals surface area contributed by atoms with Crippen LogP contribution in [0.5, 0.6) is 0 Å². The number of nitrogens with zero attached hydrogens (tertiary/aromatic N) is 4. The largest absolute Gasteiger partial charge is 0.464 e. The first-order valence-electron chi connectivity index (χ1n) is 10.8. The maximum atomic E-state index is 13.2. The first-order valence-corrected chi connectivity index (χ1v) is 10.8. The average Bonchev–Trinajstić information content (AvgIpc) is 2.81. The van der Waals surface area contributed by atoms with Crippen LogP contribution in [0.15, 0.2) is 40.5 Å². The van der Waals surface area contributed by atoms with E-state index in [1.165, 1.54) is 18.2 Å². The highest BCUT2D eigenvalue weighted by Crippen LogP contribution is 2.41. The number of nitro benzene ring substituents is 1. The van der Waals surface area contributed by atoms with Gasteiger partial charge in [0.1, 0.15) is 18.6 Å². The topological polar surface area (TPSA) is 135 Å². The minimum absolute atomic E-state index is 0.0460. The standard InChI is InChI=1S/C23H28N4O6/c1-5-26(6-2)11-12-33-22(28)19-15(4)25-18(14-24)21(23(29)32-7-3)20(19)16-9-8-10-17(13-16)27(30)31/h8-10,13,19-20H,5-7,11-12H2,1-4H3. The smallest absolute Gasteiger partial charge is 0.337 e. The lowest BCUT2D eigenvalue weighted by molar-refractivity contribution is -0.384. The number of carbonyl (C=O) groups excluding carboxylic acids is 2. The number of nitro groups is 1. The Labute approximate surface area is 192 Å². The SMILES string of the molecule is CCOC(=O)C1=C(C#N)N=C(C)C(C(=O)OCCN(CC)CC)C1c1cccc([N+](=O)[O-])c1. The molecule has 0 amide bonds. The predicted octanol–water partition coefficient (Wildman–Crippen LogP) is 2.99. The number of non-ortho nitro benzene ring substituents is 1. The van der Waals surface area contributed by atoms with Gasteiger partial charge in [-0.1, -0.05) is 26.0 Å². The van der Waals surface area contributed by atoms with Gasteiger partial charge in [-0.2, -0.15) is 5.26 Å². The van der Waals surface area contributed by atoms with Gasteiger partial charge in [-0.15, -0.1) is 0 Å². The lowest BCUT2D eigenvalue weighted by Crippen LogP contribution is -2.38. The summed E-state index contributed by atoms with van der Waals surface area (Å²) in [4.78, 5) is 43.1. The van der Waals surface area contributed by atoms with Crippen molar-refractivity contribution >= 4 is 23.3 Å². The molecule has 2 rings (SSSR count). The Bertz CT molecular complexity index is 1010. The summed E-state index contributed by atoms with van der Waals surface area (Å²) in [5.41, 5.74) is 0.0951. The van der Waals surface area contributed by atoms with E-state index in [0.29, 0.717) is 12.1 Å². The van der Waals surface area contributed by atoms with Crippen LogP contribution in [0.3, 0.4) is 0 Å². The number of hydrogen-bond donors (Lipinski definition) is 0. The third-order valence-corrected chi connectivity index (χ3v) is 5.48. The predicted molar refractivity (Wildman–Crippen MR) is 120 cm³/mol. The van der Waals surface area contributed by atoms with E-state index in [4.69, 9.17) is 9.47 Å². The number of carbonyl (C=O) groups is 2. The van der Waals surface area contributed by atoms with Crippen LogP contribution in [0.2, 0.25) is 0 Å². The van der Waals surface area contributed by atoms with Gasteiger partial charge in [-0.05, 0) is 32.5 Å². The monoisotopic (exact) mass is 456 g/mol. The van der Waals surface area contributed by atoms with E-state index >= 15 is 0 Å². The van der Waals surface area contributed by atoms with Crippen molar-refractivity contribution in [1.82, 2.24) is 4.90 Å². The summed E-state index contributed by atoms with van der Waals surface area (Å²) in [5.74, 6) is -3.49. The highest BCUT2D eigenvalue weighted by Gasteiger charge is 2.43. The van der Waals surface area contributed by atoms with Gasteiger partial charge in [-0.3, -0.25) is 14.9 Å². The van der Waals surface area contributed by atoms with Crippen LogP contribution in [0, 0.1) is 27.4 Å². The Morgan fingerprint density at radius 2 is 1.94 bits per heavy atom. The fraction of sp³-hybridized carbons (Fsp3) is 0.478. The van der Waals surface area contributed by atoms with Crippen molar-refractivity contribution in [3.05, 3.63) is 51.2 Å². The number of rotatable bonds is 10. The minimum atomic E-state index is -1.04. The summed E-state index contributed by atoms with van der Waals surface area (Å²) in [6, 6.07) is 7.52. The zero-order valence-corrected chi connectivity index (χ0v) is 19.2. The molecule has 0 aliphatic carbocycles. The van der Waals surface area contributed by atoms with Crippen LogP contribution < -0.4 is 0 Å². The van der Waals surface area contributed by atoms with E-state index in [9.17, 15) is 25.0 Å². The zero-order chi connectivity index (χ0) is 24.5. The molecule has 1 aromatic carbocycles. The second-order valence-electron chi connectivity index (χ2n) is 7.35. The van der Waals surface area contributed by atoms with Gasteiger partial charge >= 0.3 is 11.9 Å². The molecule has 176 valence electrons. The quantitative estimate of drug-likeness (QED) is 0.298. The van der Waals surface area contributed by atoms with Crippen molar-refractivity contribution in [1.29, 1.82) is 5.26 Å². The Morgan fingerprint density at radius 3 is 2.52 bits per heavy atom. The van der Waals surface area contributed by atoms with Crippen molar-refractivity contribution in [2.45, 2.75) is 33.6 Å². The van der Waals surface area contributed by atoms with Gasteiger partial charge in [0.2, 0.25) is 0 Å². The summed E-state index contributed by atoms with van der Waals surface area (Å²) in [6.07, 6.45) is 0. The molecule has 1 heterocycles. The van der Waals surface area contributed by atoms with E-state index in [1.807, 2.05) is 19.9 Å². The van der Waals surface area contributed by atoms with Crippen LogP contribution in [0.1, 0.15) is 39.2 Å². The number of aliphatic imine (C=N–C) groups is 1. The van der Waals surface area contributed by atoms with Crippen molar-refractivity contribution < 1.29 is 24.0 Å². The van der Waals surface area contributed by atoms with E-state index in [-0.39, 0.29) is 35.9 Å². The maximum absolute atomic E-state index is 13.2. The Morgan fingerprint density at radius 1 is 1.24 bits per heavy atom. The second kappa shape index (κ2) is 11.9. The van der Waals surface area contributed by atoms with Crippen molar-refractivity contribution in [2.75, 3.05) is 32.8 Å². The van der Waals surface area contributed by atoms with Crippen molar-refractivity contribution in [3.8, 4) is 6.07 Å². The minimum Gasteiger partial charge on any atom is -0.464 e. The van der Waals surface area contributed by atoms with Crippen LogP contribution in [0.25, 0.3) is 0 Å². The highest BCUT2D eigenvalue weighted by atomic mass is 16.6. The number of allylic oxidation sites excluding steroid dienone is 1. The molecule has 0 bridgehead atoms. The highest BCUT2D eigenvalue weighted by molar-refractivity contribution is 6.07. The molecule has 0 aromatic heterocycles. The van der Waals surface area contributed by atoms with E-state index in [0.717, 1.165) is 13.1 Å².